The molecule has 1 heterocycles. The largest absolute Gasteiger partial charge is 0.258 e. The first kappa shape index (κ1) is 20.3. The Labute approximate surface area is 180 Å². The fourth-order valence-corrected chi connectivity index (χ4v) is 3.88. The number of rotatable bonds is 3. The van der Waals surface area contributed by atoms with Crippen LogP contribution >= 0.6 is 0 Å². The first-order valence-electron chi connectivity index (χ1n) is 9.24. The van der Waals surface area contributed by atoms with Gasteiger partial charge in [0.05, 0.1) is 5.69 Å². The fourth-order valence-electron chi connectivity index (χ4n) is 3.88. The molecule has 0 bridgehead atoms. The number of aryl methyl sites for hydroxylation is 4. The van der Waals surface area contributed by atoms with Gasteiger partial charge in [-0.15, -0.1) is 6.07 Å². The molecule has 28 heavy (non-hydrogen) atoms. The number of nitrogens with zero attached hydrogens (tertiary/aromatic N) is 2. The molecule has 0 aliphatic heterocycles. The van der Waals surface area contributed by atoms with E-state index in [2.05, 4.69) is 75.3 Å². The second kappa shape index (κ2) is 8.26. The van der Waals surface area contributed by atoms with Gasteiger partial charge >= 0.3 is 0 Å². The molecule has 3 heteroatoms. The van der Waals surface area contributed by atoms with Crippen LogP contribution in [0.1, 0.15) is 22.3 Å². The minimum Gasteiger partial charge on any atom is -0.258 e. The predicted octanol–water partition coefficient (Wildman–Crippen LogP) is 6.24. The molecule has 0 atom stereocenters. The van der Waals surface area contributed by atoms with Gasteiger partial charge in [0.25, 0.3) is 0 Å². The zero-order valence-corrected chi connectivity index (χ0v) is 19.0. The van der Waals surface area contributed by atoms with Crippen LogP contribution in [-0.2, 0) is 20.1 Å². The predicted molar refractivity (Wildman–Crippen MR) is 112 cm³/mol. The Hall–Kier alpha value is -2.48. The van der Waals surface area contributed by atoms with Crippen molar-refractivity contribution in [3.63, 3.8) is 0 Å². The zero-order chi connectivity index (χ0) is 19.0. The van der Waals surface area contributed by atoms with Crippen molar-refractivity contribution < 1.29 is 20.1 Å². The van der Waals surface area contributed by atoms with Gasteiger partial charge in [0.1, 0.15) is 0 Å². The maximum absolute atomic E-state index is 4.53. The summed E-state index contributed by atoms with van der Waals surface area (Å²) in [5.41, 5.74) is 10.9. The number of para-hydroxylation sites is 1. The molecule has 4 rings (SSSR count). The summed E-state index contributed by atoms with van der Waals surface area (Å²) < 4.78 is 1.96. The molecule has 0 aliphatic rings. The third kappa shape index (κ3) is 3.87. The normalized spacial score (nSPS) is 10.6. The van der Waals surface area contributed by atoms with Crippen LogP contribution < -0.4 is 0 Å². The molecular formula is C25H23IrN2-. The SMILES string of the molecule is Cc1cc(C)cc(-c2cc(C)c(-c3ccnn3-c3[c-]cccc3)c(C)c2)c1.[Ir]. The molecule has 0 amide bonds. The van der Waals surface area contributed by atoms with E-state index in [4.69, 9.17) is 0 Å². The second-order valence-electron chi connectivity index (χ2n) is 7.24. The van der Waals surface area contributed by atoms with Crippen LogP contribution in [-0.4, -0.2) is 9.78 Å². The van der Waals surface area contributed by atoms with Crippen molar-refractivity contribution in [2.75, 3.05) is 0 Å². The standard InChI is InChI=1S/C25H23N2.Ir/c1-17-12-18(2)14-21(13-17)22-15-19(3)25(20(4)16-22)24-10-11-26-27(24)23-8-6-5-7-9-23;/h5-8,10-16H,1-4H3;/q-1;. The van der Waals surface area contributed by atoms with E-state index in [-0.39, 0.29) is 20.1 Å². The van der Waals surface area contributed by atoms with E-state index in [0.717, 1.165) is 11.4 Å². The van der Waals surface area contributed by atoms with Crippen LogP contribution in [0, 0.1) is 33.8 Å². The van der Waals surface area contributed by atoms with Crippen molar-refractivity contribution >= 4 is 0 Å². The molecule has 143 valence electrons. The van der Waals surface area contributed by atoms with E-state index in [1.54, 1.807) is 0 Å². The summed E-state index contributed by atoms with van der Waals surface area (Å²) in [6.45, 7) is 8.67. The van der Waals surface area contributed by atoms with Crippen LogP contribution in [0.2, 0.25) is 0 Å². The van der Waals surface area contributed by atoms with Crippen molar-refractivity contribution in [2.45, 2.75) is 27.7 Å². The minimum atomic E-state index is 0. The number of hydrogen-bond donors (Lipinski definition) is 0. The summed E-state index contributed by atoms with van der Waals surface area (Å²) in [6.07, 6.45) is 1.85. The molecular weight excluding hydrogens is 521 g/mol. The Bertz CT molecular complexity index is 1070. The monoisotopic (exact) mass is 544 g/mol. The Balaban J connectivity index is 0.00000225. The van der Waals surface area contributed by atoms with Crippen molar-refractivity contribution in [1.82, 2.24) is 9.78 Å². The number of benzene rings is 3. The summed E-state index contributed by atoms with van der Waals surface area (Å²) in [4.78, 5) is 0. The maximum atomic E-state index is 4.53. The van der Waals surface area contributed by atoms with Crippen LogP contribution in [0.5, 0.6) is 0 Å². The second-order valence-corrected chi connectivity index (χ2v) is 7.24. The molecule has 2 nitrogen and oxygen atoms in total. The smallest absolute Gasteiger partial charge is 0.0721 e. The van der Waals surface area contributed by atoms with E-state index in [1.807, 2.05) is 35.1 Å². The number of aromatic nitrogens is 2. The molecule has 3 aromatic carbocycles. The molecule has 4 aromatic rings. The third-order valence-corrected chi connectivity index (χ3v) is 4.91. The van der Waals surface area contributed by atoms with Gasteiger partial charge < -0.3 is 0 Å². The third-order valence-electron chi connectivity index (χ3n) is 4.91. The van der Waals surface area contributed by atoms with E-state index in [9.17, 15) is 0 Å². The molecule has 0 unspecified atom stereocenters. The minimum absolute atomic E-state index is 0. The summed E-state index contributed by atoms with van der Waals surface area (Å²) >= 11 is 0. The van der Waals surface area contributed by atoms with Gasteiger partial charge in [0, 0.05) is 31.9 Å². The summed E-state index contributed by atoms with van der Waals surface area (Å²) in [6, 6.07) is 24.6. The van der Waals surface area contributed by atoms with Crippen LogP contribution in [0.15, 0.2) is 66.9 Å². The summed E-state index contributed by atoms with van der Waals surface area (Å²) in [5.74, 6) is 0. The molecule has 0 aliphatic carbocycles. The fraction of sp³-hybridized carbons (Fsp3) is 0.160. The summed E-state index contributed by atoms with van der Waals surface area (Å²) in [5, 5.41) is 4.53. The van der Waals surface area contributed by atoms with E-state index < -0.39 is 0 Å². The average molecular weight is 544 g/mol. The molecule has 0 saturated carbocycles. The maximum Gasteiger partial charge on any atom is 0.0721 e. The molecule has 0 N–H and O–H groups in total. The van der Waals surface area contributed by atoms with Gasteiger partial charge in [-0.25, -0.2) is 0 Å². The van der Waals surface area contributed by atoms with Crippen molar-refractivity contribution in [2.24, 2.45) is 0 Å². The molecule has 1 radical (unpaired) electrons. The topological polar surface area (TPSA) is 17.8 Å². The zero-order valence-electron chi connectivity index (χ0n) is 16.6. The molecule has 0 fully saturated rings. The van der Waals surface area contributed by atoms with Gasteiger partial charge in [-0.3, -0.25) is 4.68 Å². The first-order chi connectivity index (χ1) is 13.0. The van der Waals surface area contributed by atoms with Crippen LogP contribution in [0.4, 0.5) is 0 Å². The first-order valence-corrected chi connectivity index (χ1v) is 9.24. The Kier molecular flexibility index (Phi) is 5.98. The average Bonchev–Trinajstić information content (AvgIpc) is 3.10. The van der Waals surface area contributed by atoms with E-state index in [0.29, 0.717) is 0 Å². The molecule has 0 saturated heterocycles. The van der Waals surface area contributed by atoms with Gasteiger partial charge in [0.15, 0.2) is 0 Å². The van der Waals surface area contributed by atoms with Crippen molar-refractivity contribution in [3.8, 4) is 28.1 Å². The van der Waals surface area contributed by atoms with Crippen molar-refractivity contribution in [1.29, 1.82) is 0 Å². The van der Waals surface area contributed by atoms with Gasteiger partial charge in [-0.2, -0.15) is 29.4 Å². The van der Waals surface area contributed by atoms with E-state index in [1.165, 1.54) is 38.9 Å². The van der Waals surface area contributed by atoms with E-state index >= 15 is 0 Å². The van der Waals surface area contributed by atoms with Gasteiger partial charge in [-0.05, 0) is 61.7 Å². The molecule has 0 spiro atoms. The molecule has 1 aromatic heterocycles. The van der Waals surface area contributed by atoms with Crippen LogP contribution in [0.3, 0.4) is 0 Å². The summed E-state index contributed by atoms with van der Waals surface area (Å²) in [7, 11) is 0. The van der Waals surface area contributed by atoms with Gasteiger partial charge in [-0.1, -0.05) is 41.5 Å². The number of hydrogen-bond acceptors (Lipinski definition) is 1. The Morgan fingerprint density at radius 2 is 1.43 bits per heavy atom. The van der Waals surface area contributed by atoms with Crippen molar-refractivity contribution in [3.05, 3.63) is 95.2 Å². The van der Waals surface area contributed by atoms with Crippen LogP contribution in [0.25, 0.3) is 28.1 Å². The Morgan fingerprint density at radius 3 is 2.04 bits per heavy atom. The Morgan fingerprint density at radius 1 is 0.786 bits per heavy atom. The quantitative estimate of drug-likeness (QED) is 0.280. The van der Waals surface area contributed by atoms with Gasteiger partial charge in [0.2, 0.25) is 0 Å².